The van der Waals surface area contributed by atoms with Crippen LogP contribution in [-0.4, -0.2) is 29.8 Å². The summed E-state index contributed by atoms with van der Waals surface area (Å²) in [6, 6.07) is 26.3. The number of likely N-dealkylation sites (tertiary alicyclic amines) is 1. The quantitative estimate of drug-likeness (QED) is 0.572. The Bertz CT molecular complexity index is 999. The number of halogens is 1. The van der Waals surface area contributed by atoms with E-state index in [1.54, 1.807) is 17.0 Å². The molecule has 0 saturated carbocycles. The molecular formula is C27H27FN2O2. The Balaban J connectivity index is 1.32. The molecule has 3 aromatic rings. The second-order valence-corrected chi connectivity index (χ2v) is 8.35. The predicted octanol–water partition coefficient (Wildman–Crippen LogP) is 4.51. The number of nitrogens with one attached hydrogen (secondary N) is 1. The van der Waals surface area contributed by atoms with Crippen molar-refractivity contribution < 1.29 is 14.0 Å². The number of carbonyl (C=O) groups is 2. The van der Waals surface area contributed by atoms with Crippen molar-refractivity contribution in [1.29, 1.82) is 0 Å². The van der Waals surface area contributed by atoms with Gasteiger partial charge in [0.2, 0.25) is 11.8 Å². The lowest BCUT2D eigenvalue weighted by atomic mass is 9.88. The summed E-state index contributed by atoms with van der Waals surface area (Å²) in [5.41, 5.74) is 3.11. The molecule has 1 atom stereocenters. The minimum absolute atomic E-state index is 0.0161. The standard InChI is InChI=1S/C27H27FN2O2/c28-24-13-11-20(12-14-24)18-30-19-21(15-27(30)32)17-29-26(31)16-25(22-7-3-1-4-8-22)23-9-5-2-6-10-23/h1-14,21,25H,15-19H2,(H,29,31). The first-order valence-electron chi connectivity index (χ1n) is 11.0. The molecule has 1 aliphatic heterocycles. The van der Waals surface area contributed by atoms with Crippen molar-refractivity contribution >= 4 is 11.8 Å². The Kier molecular flexibility index (Phi) is 6.95. The number of rotatable bonds is 8. The van der Waals surface area contributed by atoms with Gasteiger partial charge in [-0.25, -0.2) is 4.39 Å². The molecule has 1 heterocycles. The molecule has 0 aromatic heterocycles. The van der Waals surface area contributed by atoms with Crippen LogP contribution in [0.2, 0.25) is 0 Å². The van der Waals surface area contributed by atoms with E-state index in [0.29, 0.717) is 32.5 Å². The van der Waals surface area contributed by atoms with Crippen LogP contribution in [0.15, 0.2) is 84.9 Å². The van der Waals surface area contributed by atoms with Crippen LogP contribution in [-0.2, 0) is 16.1 Å². The van der Waals surface area contributed by atoms with Crippen LogP contribution in [0, 0.1) is 11.7 Å². The summed E-state index contributed by atoms with van der Waals surface area (Å²) in [6.45, 7) is 1.53. The van der Waals surface area contributed by atoms with E-state index in [1.807, 2.05) is 60.7 Å². The number of amides is 2. The molecule has 0 spiro atoms. The fraction of sp³-hybridized carbons (Fsp3) is 0.259. The second-order valence-electron chi connectivity index (χ2n) is 8.35. The number of nitrogens with zero attached hydrogens (tertiary/aromatic N) is 1. The average molecular weight is 431 g/mol. The molecule has 5 heteroatoms. The van der Waals surface area contributed by atoms with E-state index >= 15 is 0 Å². The van der Waals surface area contributed by atoms with E-state index in [9.17, 15) is 14.0 Å². The van der Waals surface area contributed by atoms with Crippen molar-refractivity contribution in [1.82, 2.24) is 10.2 Å². The molecule has 0 radical (unpaired) electrons. The molecule has 164 valence electrons. The van der Waals surface area contributed by atoms with Gasteiger partial charge in [-0.15, -0.1) is 0 Å². The Morgan fingerprint density at radius 1 is 0.938 bits per heavy atom. The summed E-state index contributed by atoms with van der Waals surface area (Å²) in [5, 5.41) is 3.04. The first kappa shape index (κ1) is 21.8. The van der Waals surface area contributed by atoms with Crippen LogP contribution < -0.4 is 5.32 Å². The maximum absolute atomic E-state index is 13.1. The van der Waals surface area contributed by atoms with E-state index in [2.05, 4.69) is 5.32 Å². The van der Waals surface area contributed by atoms with Gasteiger partial charge in [-0.05, 0) is 28.8 Å². The molecule has 2 amide bonds. The van der Waals surface area contributed by atoms with E-state index in [-0.39, 0.29) is 29.5 Å². The molecule has 1 N–H and O–H groups in total. The largest absolute Gasteiger partial charge is 0.356 e. The average Bonchev–Trinajstić information content (AvgIpc) is 3.17. The van der Waals surface area contributed by atoms with Gasteiger partial charge in [0.15, 0.2) is 0 Å². The van der Waals surface area contributed by atoms with Crippen LogP contribution in [0.3, 0.4) is 0 Å². The molecule has 32 heavy (non-hydrogen) atoms. The first-order chi connectivity index (χ1) is 15.6. The van der Waals surface area contributed by atoms with Crippen LogP contribution in [0.4, 0.5) is 4.39 Å². The molecule has 1 unspecified atom stereocenters. The van der Waals surface area contributed by atoms with Crippen molar-refractivity contribution in [3.8, 4) is 0 Å². The zero-order chi connectivity index (χ0) is 22.3. The Labute approximate surface area is 188 Å². The van der Waals surface area contributed by atoms with E-state index in [1.165, 1.54) is 12.1 Å². The highest BCUT2D eigenvalue weighted by Gasteiger charge is 2.30. The van der Waals surface area contributed by atoms with Gasteiger partial charge >= 0.3 is 0 Å². The summed E-state index contributed by atoms with van der Waals surface area (Å²) in [4.78, 5) is 27.0. The highest BCUT2D eigenvalue weighted by molar-refractivity contribution is 5.80. The predicted molar refractivity (Wildman–Crippen MR) is 122 cm³/mol. The van der Waals surface area contributed by atoms with Gasteiger partial charge in [0.1, 0.15) is 5.82 Å². The Hall–Kier alpha value is -3.47. The number of hydrogen-bond donors (Lipinski definition) is 1. The number of carbonyl (C=O) groups excluding carboxylic acids is 2. The first-order valence-corrected chi connectivity index (χ1v) is 11.0. The van der Waals surface area contributed by atoms with E-state index in [4.69, 9.17) is 0 Å². The SMILES string of the molecule is O=C(CC(c1ccccc1)c1ccccc1)NCC1CC(=O)N(Cc2ccc(F)cc2)C1. The summed E-state index contributed by atoms with van der Waals surface area (Å²) < 4.78 is 13.1. The van der Waals surface area contributed by atoms with E-state index in [0.717, 1.165) is 16.7 Å². The van der Waals surface area contributed by atoms with Crippen molar-refractivity contribution in [2.24, 2.45) is 5.92 Å². The lowest BCUT2D eigenvalue weighted by Crippen LogP contribution is -2.32. The normalized spacial score (nSPS) is 15.9. The van der Waals surface area contributed by atoms with Crippen LogP contribution in [0.25, 0.3) is 0 Å². The second kappa shape index (κ2) is 10.2. The Morgan fingerprint density at radius 2 is 1.53 bits per heavy atom. The lowest BCUT2D eigenvalue weighted by Gasteiger charge is -2.19. The topological polar surface area (TPSA) is 49.4 Å². The van der Waals surface area contributed by atoms with Crippen molar-refractivity contribution in [3.05, 3.63) is 107 Å². The highest BCUT2D eigenvalue weighted by atomic mass is 19.1. The van der Waals surface area contributed by atoms with Crippen molar-refractivity contribution in [2.45, 2.75) is 25.3 Å². The van der Waals surface area contributed by atoms with Gasteiger partial charge in [-0.2, -0.15) is 0 Å². The lowest BCUT2D eigenvalue weighted by molar-refractivity contribution is -0.128. The summed E-state index contributed by atoms with van der Waals surface area (Å²) in [6.07, 6.45) is 0.774. The molecule has 1 fully saturated rings. The monoisotopic (exact) mass is 430 g/mol. The van der Waals surface area contributed by atoms with Crippen LogP contribution in [0.1, 0.15) is 35.4 Å². The van der Waals surface area contributed by atoms with Gasteiger partial charge in [-0.3, -0.25) is 9.59 Å². The summed E-state index contributed by atoms with van der Waals surface area (Å²) in [7, 11) is 0. The third-order valence-corrected chi connectivity index (χ3v) is 5.96. The van der Waals surface area contributed by atoms with Gasteiger partial charge < -0.3 is 10.2 Å². The molecule has 4 nitrogen and oxygen atoms in total. The molecule has 0 aliphatic carbocycles. The molecule has 3 aromatic carbocycles. The summed E-state index contributed by atoms with van der Waals surface area (Å²) >= 11 is 0. The molecule has 4 rings (SSSR count). The zero-order valence-electron chi connectivity index (χ0n) is 17.9. The van der Waals surface area contributed by atoms with Gasteiger partial charge in [0, 0.05) is 44.3 Å². The van der Waals surface area contributed by atoms with Crippen LogP contribution >= 0.6 is 0 Å². The van der Waals surface area contributed by atoms with Gasteiger partial charge in [-0.1, -0.05) is 72.8 Å². The highest BCUT2D eigenvalue weighted by Crippen LogP contribution is 2.28. The number of benzene rings is 3. The molecular weight excluding hydrogens is 403 g/mol. The third kappa shape index (κ3) is 5.61. The zero-order valence-corrected chi connectivity index (χ0v) is 17.9. The van der Waals surface area contributed by atoms with Gasteiger partial charge in [0.25, 0.3) is 0 Å². The van der Waals surface area contributed by atoms with Crippen molar-refractivity contribution in [2.75, 3.05) is 13.1 Å². The fourth-order valence-corrected chi connectivity index (χ4v) is 4.27. The molecule has 0 bridgehead atoms. The van der Waals surface area contributed by atoms with Crippen LogP contribution in [0.5, 0.6) is 0 Å². The van der Waals surface area contributed by atoms with Crippen molar-refractivity contribution in [3.63, 3.8) is 0 Å². The van der Waals surface area contributed by atoms with E-state index < -0.39 is 0 Å². The molecule has 1 aliphatic rings. The maximum atomic E-state index is 13.1. The Morgan fingerprint density at radius 3 is 2.12 bits per heavy atom. The minimum atomic E-state index is -0.286. The number of hydrogen-bond acceptors (Lipinski definition) is 2. The van der Waals surface area contributed by atoms with Gasteiger partial charge in [0.05, 0.1) is 0 Å². The fourth-order valence-electron chi connectivity index (χ4n) is 4.27. The minimum Gasteiger partial charge on any atom is -0.356 e. The third-order valence-electron chi connectivity index (χ3n) is 5.96. The molecule has 1 saturated heterocycles. The smallest absolute Gasteiger partial charge is 0.223 e. The maximum Gasteiger partial charge on any atom is 0.223 e. The summed E-state index contributed by atoms with van der Waals surface area (Å²) in [5.74, 6) is -0.171.